The normalized spacial score (nSPS) is 9.95. The quantitative estimate of drug-likeness (QED) is 0.773. The Bertz CT molecular complexity index is 521. The fourth-order valence-corrected chi connectivity index (χ4v) is 1.19. The van der Waals surface area contributed by atoms with Crippen LogP contribution in [0.4, 0.5) is 13.6 Å². The Labute approximate surface area is 111 Å². The van der Waals surface area contributed by atoms with Crippen LogP contribution in [-0.2, 0) is 9.53 Å². The molecule has 0 spiro atoms. The van der Waals surface area contributed by atoms with E-state index in [4.69, 9.17) is 0 Å². The molecule has 1 rings (SSSR count). The number of ether oxygens (including phenoxy) is 2. The lowest BCUT2D eigenvalue weighted by Gasteiger charge is -2.07. The maximum Gasteiger partial charge on any atom is 0.387 e. The minimum atomic E-state index is -3.03. The van der Waals surface area contributed by atoms with Gasteiger partial charge in [0.1, 0.15) is 5.75 Å². The highest BCUT2D eigenvalue weighted by Crippen LogP contribution is 2.16. The second kappa shape index (κ2) is 7.02. The van der Waals surface area contributed by atoms with Crippen LogP contribution in [-0.4, -0.2) is 31.1 Å². The molecule has 0 atom stereocenters. The van der Waals surface area contributed by atoms with Crippen molar-refractivity contribution >= 4 is 17.9 Å². The Morgan fingerprint density at radius 1 is 1.30 bits per heavy atom. The minimum Gasteiger partial charge on any atom is -0.452 e. The molecule has 0 aliphatic rings. The highest BCUT2D eigenvalue weighted by Gasteiger charge is 2.13. The fraction of sp³-hybridized carbons (Fsp3) is 0.182. The number of esters is 1. The zero-order valence-electron chi connectivity index (χ0n) is 9.97. The van der Waals surface area contributed by atoms with Crippen LogP contribution < -0.4 is 15.8 Å². The Kier molecular flexibility index (Phi) is 5.39. The number of nitrogens with one attached hydrogen (secondary N) is 1. The maximum atomic E-state index is 12.0. The Balaban J connectivity index is 2.59. The standard InChI is InChI=1S/C11H10F2N2O5/c12-10(13)20-7-3-1-2-6(4-7)9(17)19-5-8(16)15-11(14)18/h1-4,10H,5H2,(H3,14,15,16,18). The summed E-state index contributed by atoms with van der Waals surface area (Å²) < 4.78 is 32.6. The number of carbonyl (C=O) groups excluding carboxylic acids is 3. The van der Waals surface area contributed by atoms with Crippen LogP contribution in [0.1, 0.15) is 10.4 Å². The van der Waals surface area contributed by atoms with E-state index in [1.807, 2.05) is 0 Å². The predicted molar refractivity (Wildman–Crippen MR) is 61.1 cm³/mol. The van der Waals surface area contributed by atoms with Gasteiger partial charge >= 0.3 is 18.6 Å². The van der Waals surface area contributed by atoms with Crippen LogP contribution in [0.3, 0.4) is 0 Å². The maximum absolute atomic E-state index is 12.0. The van der Waals surface area contributed by atoms with Gasteiger partial charge in [-0.15, -0.1) is 0 Å². The van der Waals surface area contributed by atoms with Gasteiger partial charge < -0.3 is 15.2 Å². The van der Waals surface area contributed by atoms with Crippen LogP contribution in [0, 0.1) is 0 Å². The van der Waals surface area contributed by atoms with Crippen molar-refractivity contribution < 1.29 is 32.6 Å². The molecule has 0 aliphatic heterocycles. The van der Waals surface area contributed by atoms with Gasteiger partial charge in [-0.25, -0.2) is 9.59 Å². The molecule has 0 radical (unpaired) electrons. The van der Waals surface area contributed by atoms with Gasteiger partial charge in [0.25, 0.3) is 5.91 Å². The predicted octanol–water partition coefficient (Wildman–Crippen LogP) is 0.640. The smallest absolute Gasteiger partial charge is 0.387 e. The summed E-state index contributed by atoms with van der Waals surface area (Å²) in [5, 5.41) is 1.69. The molecular formula is C11H10F2N2O5. The molecule has 0 saturated heterocycles. The number of primary amides is 1. The molecule has 0 aliphatic carbocycles. The van der Waals surface area contributed by atoms with Crippen molar-refractivity contribution in [1.82, 2.24) is 5.32 Å². The SMILES string of the molecule is NC(=O)NC(=O)COC(=O)c1cccc(OC(F)F)c1. The third-order valence-electron chi connectivity index (χ3n) is 1.89. The summed E-state index contributed by atoms with van der Waals surface area (Å²) in [4.78, 5) is 32.8. The molecular weight excluding hydrogens is 278 g/mol. The molecule has 1 aromatic rings. The van der Waals surface area contributed by atoms with E-state index in [0.717, 1.165) is 6.07 Å². The van der Waals surface area contributed by atoms with Crippen LogP contribution in [0.15, 0.2) is 24.3 Å². The summed E-state index contributed by atoms with van der Waals surface area (Å²) >= 11 is 0. The van der Waals surface area contributed by atoms with E-state index in [1.54, 1.807) is 5.32 Å². The molecule has 108 valence electrons. The number of halogens is 2. The lowest BCUT2D eigenvalue weighted by molar-refractivity contribution is -0.123. The van der Waals surface area contributed by atoms with Crippen LogP contribution in [0.5, 0.6) is 5.75 Å². The summed E-state index contributed by atoms with van der Waals surface area (Å²) in [6.07, 6.45) is 0. The first kappa shape index (κ1) is 15.3. The summed E-state index contributed by atoms with van der Waals surface area (Å²) in [7, 11) is 0. The van der Waals surface area contributed by atoms with Crippen LogP contribution in [0.2, 0.25) is 0 Å². The lowest BCUT2D eigenvalue weighted by Crippen LogP contribution is -2.37. The van der Waals surface area contributed by atoms with Crippen molar-refractivity contribution in [2.75, 3.05) is 6.61 Å². The molecule has 9 heteroatoms. The molecule has 0 heterocycles. The Morgan fingerprint density at radius 3 is 2.60 bits per heavy atom. The molecule has 0 fully saturated rings. The molecule has 0 saturated carbocycles. The molecule has 0 bridgehead atoms. The molecule has 3 amide bonds. The Morgan fingerprint density at radius 2 is 2.00 bits per heavy atom. The van der Waals surface area contributed by atoms with E-state index in [0.29, 0.717) is 0 Å². The zero-order valence-corrected chi connectivity index (χ0v) is 9.97. The van der Waals surface area contributed by atoms with Crippen molar-refractivity contribution in [3.05, 3.63) is 29.8 Å². The largest absolute Gasteiger partial charge is 0.452 e. The number of benzene rings is 1. The van der Waals surface area contributed by atoms with E-state index in [2.05, 4.69) is 15.2 Å². The van der Waals surface area contributed by atoms with Gasteiger partial charge in [0.15, 0.2) is 6.61 Å². The number of imide groups is 1. The second-order valence-corrected chi connectivity index (χ2v) is 3.39. The van der Waals surface area contributed by atoms with Crippen molar-refractivity contribution in [3.8, 4) is 5.75 Å². The van der Waals surface area contributed by atoms with E-state index in [9.17, 15) is 23.2 Å². The van der Waals surface area contributed by atoms with Crippen molar-refractivity contribution in [2.24, 2.45) is 5.73 Å². The van der Waals surface area contributed by atoms with E-state index < -0.39 is 31.1 Å². The van der Waals surface area contributed by atoms with E-state index in [1.165, 1.54) is 18.2 Å². The number of amides is 3. The van der Waals surface area contributed by atoms with Crippen molar-refractivity contribution in [2.45, 2.75) is 6.61 Å². The lowest BCUT2D eigenvalue weighted by atomic mass is 10.2. The number of nitrogens with two attached hydrogens (primary N) is 1. The highest BCUT2D eigenvalue weighted by atomic mass is 19.3. The summed E-state index contributed by atoms with van der Waals surface area (Å²) in [5.41, 5.74) is 4.59. The average Bonchev–Trinajstić information content (AvgIpc) is 2.34. The number of hydrogen-bond donors (Lipinski definition) is 2. The van der Waals surface area contributed by atoms with Crippen LogP contribution in [0.25, 0.3) is 0 Å². The fourth-order valence-electron chi connectivity index (χ4n) is 1.19. The van der Waals surface area contributed by atoms with Gasteiger partial charge in [0.2, 0.25) is 0 Å². The van der Waals surface area contributed by atoms with Crippen LogP contribution >= 0.6 is 0 Å². The molecule has 20 heavy (non-hydrogen) atoms. The first-order chi connectivity index (χ1) is 9.38. The number of rotatable bonds is 5. The topological polar surface area (TPSA) is 108 Å². The first-order valence-corrected chi connectivity index (χ1v) is 5.20. The monoisotopic (exact) mass is 288 g/mol. The van der Waals surface area contributed by atoms with Gasteiger partial charge in [-0.1, -0.05) is 6.07 Å². The molecule has 3 N–H and O–H groups in total. The molecule has 7 nitrogen and oxygen atoms in total. The summed E-state index contributed by atoms with van der Waals surface area (Å²) in [6.45, 7) is -3.76. The molecule has 1 aromatic carbocycles. The number of carbonyl (C=O) groups is 3. The van der Waals surface area contributed by atoms with Gasteiger partial charge in [-0.2, -0.15) is 8.78 Å². The summed E-state index contributed by atoms with van der Waals surface area (Å²) in [5.74, 6) is -2.08. The summed E-state index contributed by atoms with van der Waals surface area (Å²) in [6, 6.07) is 3.76. The Hall–Kier alpha value is -2.71. The molecule has 0 aromatic heterocycles. The van der Waals surface area contributed by atoms with Crippen molar-refractivity contribution in [3.63, 3.8) is 0 Å². The number of hydrogen-bond acceptors (Lipinski definition) is 5. The van der Waals surface area contributed by atoms with Gasteiger partial charge in [0, 0.05) is 0 Å². The number of urea groups is 1. The highest BCUT2D eigenvalue weighted by molar-refractivity contribution is 5.96. The minimum absolute atomic E-state index is 0.0879. The third-order valence-corrected chi connectivity index (χ3v) is 1.89. The second-order valence-electron chi connectivity index (χ2n) is 3.39. The van der Waals surface area contributed by atoms with Gasteiger partial charge in [0.05, 0.1) is 5.56 Å². The van der Waals surface area contributed by atoms with E-state index in [-0.39, 0.29) is 11.3 Å². The van der Waals surface area contributed by atoms with Crippen molar-refractivity contribution in [1.29, 1.82) is 0 Å². The molecule has 0 unspecified atom stereocenters. The van der Waals surface area contributed by atoms with E-state index >= 15 is 0 Å². The number of alkyl halides is 2. The first-order valence-electron chi connectivity index (χ1n) is 5.20. The third kappa shape index (κ3) is 5.29. The zero-order chi connectivity index (χ0) is 15.1. The van der Waals surface area contributed by atoms with Gasteiger partial charge in [-0.05, 0) is 18.2 Å². The average molecular weight is 288 g/mol. The van der Waals surface area contributed by atoms with Gasteiger partial charge in [-0.3, -0.25) is 10.1 Å².